The van der Waals surface area contributed by atoms with Crippen LogP contribution < -0.4 is 5.32 Å². The number of aliphatic hydroxyl groups is 1. The van der Waals surface area contributed by atoms with E-state index in [0.29, 0.717) is 5.13 Å². The highest BCUT2D eigenvalue weighted by molar-refractivity contribution is 7.14. The summed E-state index contributed by atoms with van der Waals surface area (Å²) in [5.74, 6) is -0.442. The minimum atomic E-state index is -1.38. The number of carbonyl (C=O) groups excluding carboxylic acids is 1. The summed E-state index contributed by atoms with van der Waals surface area (Å²) >= 11 is 1.37. The van der Waals surface area contributed by atoms with Crippen LogP contribution in [0.25, 0.3) is 0 Å². The van der Waals surface area contributed by atoms with Gasteiger partial charge in [-0.25, -0.2) is 4.98 Å². The molecule has 0 bridgehead atoms. The molecule has 4 nitrogen and oxygen atoms in total. The summed E-state index contributed by atoms with van der Waals surface area (Å²) in [4.78, 5) is 15.8. The maximum absolute atomic E-state index is 11.5. The second kappa shape index (κ2) is 4.14. The molecule has 5 heteroatoms. The lowest BCUT2D eigenvalue weighted by Crippen LogP contribution is -2.36. The van der Waals surface area contributed by atoms with E-state index in [-0.39, 0.29) is 5.41 Å². The first-order valence-electron chi connectivity index (χ1n) is 5.10. The number of aromatic nitrogens is 1. The molecule has 0 saturated heterocycles. The summed E-state index contributed by atoms with van der Waals surface area (Å²) in [6, 6.07) is 0. The van der Waals surface area contributed by atoms with Gasteiger partial charge in [0.05, 0.1) is 5.69 Å². The lowest BCUT2D eigenvalue weighted by Gasteiger charge is -2.16. The van der Waals surface area contributed by atoms with Crippen LogP contribution in [0.2, 0.25) is 0 Å². The molecule has 1 aromatic heterocycles. The zero-order chi connectivity index (χ0) is 12.6. The molecule has 0 unspecified atom stereocenters. The van der Waals surface area contributed by atoms with E-state index in [1.165, 1.54) is 25.2 Å². The number of hydrogen-bond donors (Lipinski definition) is 2. The van der Waals surface area contributed by atoms with Gasteiger partial charge in [-0.2, -0.15) is 0 Å². The number of amides is 1. The van der Waals surface area contributed by atoms with Crippen molar-refractivity contribution in [3.05, 3.63) is 11.1 Å². The molecule has 0 spiro atoms. The molecule has 0 aliphatic heterocycles. The Morgan fingerprint density at radius 1 is 1.38 bits per heavy atom. The lowest BCUT2D eigenvalue weighted by molar-refractivity contribution is -0.130. The monoisotopic (exact) mass is 242 g/mol. The van der Waals surface area contributed by atoms with Gasteiger partial charge in [0.25, 0.3) is 5.91 Å². The lowest BCUT2D eigenvalue weighted by atomic mass is 9.93. The number of thiazole rings is 1. The third-order valence-electron chi connectivity index (χ3n) is 2.05. The van der Waals surface area contributed by atoms with Gasteiger partial charge in [0.15, 0.2) is 5.13 Å². The van der Waals surface area contributed by atoms with Crippen LogP contribution in [0.15, 0.2) is 5.38 Å². The molecule has 1 amide bonds. The van der Waals surface area contributed by atoms with E-state index in [1.54, 1.807) is 0 Å². The van der Waals surface area contributed by atoms with Gasteiger partial charge in [-0.1, -0.05) is 20.8 Å². The molecule has 0 aliphatic rings. The Hall–Kier alpha value is -0.940. The van der Waals surface area contributed by atoms with Gasteiger partial charge in [0, 0.05) is 10.8 Å². The number of anilines is 1. The summed E-state index contributed by atoms with van der Waals surface area (Å²) in [6.45, 7) is 9.07. The third-order valence-corrected chi connectivity index (χ3v) is 2.81. The first-order valence-corrected chi connectivity index (χ1v) is 5.98. The zero-order valence-electron chi connectivity index (χ0n) is 10.3. The van der Waals surface area contributed by atoms with E-state index in [4.69, 9.17) is 0 Å². The number of nitrogens with zero attached hydrogens (tertiary/aromatic N) is 1. The van der Waals surface area contributed by atoms with Crippen molar-refractivity contribution in [2.45, 2.75) is 45.6 Å². The molecule has 0 radical (unpaired) electrons. The molecule has 1 rings (SSSR count). The molecular formula is C11H18N2O2S. The fraction of sp³-hybridized carbons (Fsp3) is 0.636. The van der Waals surface area contributed by atoms with Crippen LogP contribution in [-0.2, 0) is 10.2 Å². The Kier molecular flexibility index (Phi) is 3.40. The predicted molar refractivity (Wildman–Crippen MR) is 65.7 cm³/mol. The summed E-state index contributed by atoms with van der Waals surface area (Å²) in [6.07, 6.45) is 0. The second-order valence-electron chi connectivity index (χ2n) is 5.30. The van der Waals surface area contributed by atoms with Crippen LogP contribution in [0.5, 0.6) is 0 Å². The largest absolute Gasteiger partial charge is 0.381 e. The highest BCUT2D eigenvalue weighted by Gasteiger charge is 2.25. The number of rotatable bonds is 2. The van der Waals surface area contributed by atoms with Crippen molar-refractivity contribution >= 4 is 22.4 Å². The molecule has 90 valence electrons. The van der Waals surface area contributed by atoms with E-state index in [2.05, 4.69) is 31.1 Å². The van der Waals surface area contributed by atoms with Crippen LogP contribution in [0.3, 0.4) is 0 Å². The van der Waals surface area contributed by atoms with E-state index in [9.17, 15) is 9.90 Å². The molecule has 0 aliphatic carbocycles. The highest BCUT2D eigenvalue weighted by Crippen LogP contribution is 2.26. The zero-order valence-corrected chi connectivity index (χ0v) is 11.1. The summed E-state index contributed by atoms with van der Waals surface area (Å²) in [5, 5.41) is 14.5. The van der Waals surface area contributed by atoms with Crippen LogP contribution in [-0.4, -0.2) is 21.6 Å². The first kappa shape index (κ1) is 13.1. The van der Waals surface area contributed by atoms with Gasteiger partial charge >= 0.3 is 0 Å². The Labute approximate surface area is 99.7 Å². The molecule has 16 heavy (non-hydrogen) atoms. The number of carbonyl (C=O) groups is 1. The Morgan fingerprint density at radius 2 is 1.94 bits per heavy atom. The van der Waals surface area contributed by atoms with Gasteiger partial charge in [0.1, 0.15) is 5.60 Å². The second-order valence-corrected chi connectivity index (χ2v) is 6.16. The minimum absolute atomic E-state index is 0.0335. The summed E-state index contributed by atoms with van der Waals surface area (Å²) < 4.78 is 0. The Morgan fingerprint density at radius 3 is 2.31 bits per heavy atom. The van der Waals surface area contributed by atoms with Crippen molar-refractivity contribution in [3.8, 4) is 0 Å². The van der Waals surface area contributed by atoms with Crippen molar-refractivity contribution < 1.29 is 9.90 Å². The van der Waals surface area contributed by atoms with Crippen molar-refractivity contribution in [2.24, 2.45) is 0 Å². The molecule has 0 aromatic carbocycles. The van der Waals surface area contributed by atoms with Crippen LogP contribution in [0.4, 0.5) is 5.13 Å². The minimum Gasteiger partial charge on any atom is -0.381 e. The summed E-state index contributed by atoms with van der Waals surface area (Å²) in [5.41, 5.74) is -0.481. The molecule has 1 aromatic rings. The van der Waals surface area contributed by atoms with Crippen molar-refractivity contribution in [1.29, 1.82) is 0 Å². The van der Waals surface area contributed by atoms with E-state index in [0.717, 1.165) is 5.69 Å². The van der Waals surface area contributed by atoms with Gasteiger partial charge in [-0.3, -0.25) is 10.1 Å². The normalized spacial score (nSPS) is 12.6. The molecule has 0 saturated carbocycles. The van der Waals surface area contributed by atoms with Crippen molar-refractivity contribution in [2.75, 3.05) is 5.32 Å². The third kappa shape index (κ3) is 3.28. The van der Waals surface area contributed by atoms with E-state index < -0.39 is 11.5 Å². The molecule has 0 atom stereocenters. The fourth-order valence-electron chi connectivity index (χ4n) is 0.926. The molecule has 0 fully saturated rings. The standard InChI is InChI=1S/C11H18N2O2S/c1-10(2,3)7-6-16-9(12-7)13-8(14)11(4,5)15/h6,15H,1-5H3,(H,12,13,14). The van der Waals surface area contributed by atoms with Crippen molar-refractivity contribution in [1.82, 2.24) is 4.98 Å². The average molecular weight is 242 g/mol. The van der Waals surface area contributed by atoms with Crippen molar-refractivity contribution in [3.63, 3.8) is 0 Å². The Bertz CT molecular complexity index is 385. The quantitative estimate of drug-likeness (QED) is 0.835. The summed E-state index contributed by atoms with van der Waals surface area (Å²) in [7, 11) is 0. The SMILES string of the molecule is CC(C)(O)C(=O)Nc1nc(C(C)(C)C)cs1. The van der Waals surface area contributed by atoms with Gasteiger partial charge < -0.3 is 5.11 Å². The molecular weight excluding hydrogens is 224 g/mol. The van der Waals surface area contributed by atoms with Crippen LogP contribution >= 0.6 is 11.3 Å². The highest BCUT2D eigenvalue weighted by atomic mass is 32.1. The number of nitrogens with one attached hydrogen (secondary N) is 1. The van der Waals surface area contributed by atoms with E-state index >= 15 is 0 Å². The predicted octanol–water partition coefficient (Wildman–Crippen LogP) is 2.15. The Balaban J connectivity index is 2.78. The van der Waals surface area contributed by atoms with Gasteiger partial charge in [-0.15, -0.1) is 11.3 Å². The van der Waals surface area contributed by atoms with Gasteiger partial charge in [-0.05, 0) is 13.8 Å². The fourth-order valence-corrected chi connectivity index (χ4v) is 1.86. The number of hydrogen-bond acceptors (Lipinski definition) is 4. The maximum atomic E-state index is 11.5. The molecule has 1 heterocycles. The molecule has 2 N–H and O–H groups in total. The van der Waals surface area contributed by atoms with Crippen LogP contribution in [0, 0.1) is 0 Å². The topological polar surface area (TPSA) is 62.2 Å². The first-order chi connectivity index (χ1) is 7.10. The van der Waals surface area contributed by atoms with Gasteiger partial charge in [0.2, 0.25) is 0 Å². The van der Waals surface area contributed by atoms with E-state index in [1.807, 2.05) is 5.38 Å². The average Bonchev–Trinajstić information content (AvgIpc) is 2.49. The maximum Gasteiger partial charge on any atom is 0.257 e. The van der Waals surface area contributed by atoms with Crippen LogP contribution in [0.1, 0.15) is 40.3 Å². The smallest absolute Gasteiger partial charge is 0.257 e.